The Morgan fingerprint density at radius 3 is 2.75 bits per heavy atom. The molecule has 2 aromatic rings. The normalized spacial score (nSPS) is 13.0. The zero-order chi connectivity index (χ0) is 20.1. The van der Waals surface area contributed by atoms with Gasteiger partial charge >= 0.3 is 5.97 Å². The van der Waals surface area contributed by atoms with E-state index in [1.54, 1.807) is 0 Å². The molecule has 1 amide bonds. The van der Waals surface area contributed by atoms with E-state index in [4.69, 9.17) is 9.47 Å². The molecule has 1 aromatic heterocycles. The molecule has 1 N–H and O–H groups in total. The summed E-state index contributed by atoms with van der Waals surface area (Å²) in [5, 5.41) is 3.40. The summed E-state index contributed by atoms with van der Waals surface area (Å²) in [6, 6.07) is 5.88. The molecule has 7 heteroatoms. The third-order valence-electron chi connectivity index (χ3n) is 4.71. The summed E-state index contributed by atoms with van der Waals surface area (Å²) in [6.07, 6.45) is 6.01. The van der Waals surface area contributed by atoms with Crippen LogP contribution in [0.4, 0.5) is 5.00 Å². The quantitative estimate of drug-likeness (QED) is 0.574. The maximum Gasteiger partial charge on any atom is 0.341 e. The summed E-state index contributed by atoms with van der Waals surface area (Å²) in [5.74, 6) is -0.0770. The standard InChI is InChI=1S/C21H24BrNO4S/c1-3-6-13-9-10-16(15(22)11-13)27-12-18(24)23-20-19(21(25)26-2)14-7-4-5-8-17(14)28-20/h9-11H,3-8,12H2,1-2H3,(H,23,24). The largest absolute Gasteiger partial charge is 0.483 e. The first-order chi connectivity index (χ1) is 13.5. The lowest BCUT2D eigenvalue weighted by Crippen LogP contribution is -2.21. The Bertz CT molecular complexity index is 878. The Hall–Kier alpha value is -1.86. The van der Waals surface area contributed by atoms with Gasteiger partial charge in [0, 0.05) is 4.88 Å². The molecule has 1 aromatic carbocycles. The van der Waals surface area contributed by atoms with Gasteiger partial charge in [-0.2, -0.15) is 0 Å². The van der Waals surface area contributed by atoms with Gasteiger partial charge in [0.25, 0.3) is 5.91 Å². The predicted molar refractivity (Wildman–Crippen MR) is 115 cm³/mol. The van der Waals surface area contributed by atoms with E-state index in [1.165, 1.54) is 24.0 Å². The summed E-state index contributed by atoms with van der Waals surface area (Å²) in [5.41, 5.74) is 2.74. The van der Waals surface area contributed by atoms with Crippen LogP contribution in [-0.2, 0) is 28.8 Å². The minimum atomic E-state index is -0.398. The van der Waals surface area contributed by atoms with Crippen molar-refractivity contribution < 1.29 is 19.1 Å². The second-order valence-corrected chi connectivity index (χ2v) is 8.72. The number of hydrogen-bond acceptors (Lipinski definition) is 5. The molecular formula is C21H24BrNO4S. The monoisotopic (exact) mass is 465 g/mol. The lowest BCUT2D eigenvalue weighted by atomic mass is 9.95. The van der Waals surface area contributed by atoms with Crippen LogP contribution >= 0.6 is 27.3 Å². The van der Waals surface area contributed by atoms with Crippen LogP contribution in [0.5, 0.6) is 5.75 Å². The molecule has 0 aliphatic heterocycles. The summed E-state index contributed by atoms with van der Waals surface area (Å²) >= 11 is 4.97. The number of benzene rings is 1. The summed E-state index contributed by atoms with van der Waals surface area (Å²) in [4.78, 5) is 25.9. The van der Waals surface area contributed by atoms with Gasteiger partial charge in [-0.05, 0) is 71.3 Å². The molecule has 0 atom stereocenters. The van der Waals surface area contributed by atoms with Gasteiger partial charge in [-0.1, -0.05) is 19.4 Å². The van der Waals surface area contributed by atoms with E-state index in [9.17, 15) is 9.59 Å². The molecule has 0 bridgehead atoms. The van der Waals surface area contributed by atoms with E-state index in [0.717, 1.165) is 53.4 Å². The smallest absolute Gasteiger partial charge is 0.341 e. The highest BCUT2D eigenvalue weighted by Gasteiger charge is 2.27. The summed E-state index contributed by atoms with van der Waals surface area (Å²) in [7, 11) is 1.36. The maximum atomic E-state index is 12.4. The van der Waals surface area contributed by atoms with Crippen molar-refractivity contribution in [3.63, 3.8) is 0 Å². The molecule has 5 nitrogen and oxygen atoms in total. The fourth-order valence-corrected chi connectivity index (χ4v) is 5.22. The number of amides is 1. The Labute approximate surface area is 177 Å². The molecule has 28 heavy (non-hydrogen) atoms. The van der Waals surface area contributed by atoms with Crippen molar-refractivity contribution >= 4 is 44.1 Å². The molecule has 0 unspecified atom stereocenters. The van der Waals surface area contributed by atoms with Crippen LogP contribution < -0.4 is 10.1 Å². The van der Waals surface area contributed by atoms with Crippen molar-refractivity contribution in [1.29, 1.82) is 0 Å². The topological polar surface area (TPSA) is 64.6 Å². The van der Waals surface area contributed by atoms with E-state index in [0.29, 0.717) is 16.3 Å². The lowest BCUT2D eigenvalue weighted by Gasteiger charge is -2.12. The molecule has 1 aliphatic carbocycles. The number of esters is 1. The molecule has 0 saturated heterocycles. The van der Waals surface area contributed by atoms with Crippen LogP contribution in [0.3, 0.4) is 0 Å². The average molecular weight is 466 g/mol. The number of halogens is 1. The number of fused-ring (bicyclic) bond motifs is 1. The number of methoxy groups -OCH3 is 1. The van der Waals surface area contributed by atoms with E-state index >= 15 is 0 Å². The van der Waals surface area contributed by atoms with Crippen molar-refractivity contribution in [2.24, 2.45) is 0 Å². The second kappa shape index (κ2) is 9.56. The van der Waals surface area contributed by atoms with E-state index in [-0.39, 0.29) is 12.5 Å². The van der Waals surface area contributed by atoms with Gasteiger partial charge in [0.1, 0.15) is 10.8 Å². The number of anilines is 1. The maximum absolute atomic E-state index is 12.4. The Kier molecular flexibility index (Phi) is 7.13. The third kappa shape index (κ3) is 4.75. The van der Waals surface area contributed by atoms with Gasteiger partial charge in [0.2, 0.25) is 0 Å². The highest BCUT2D eigenvalue weighted by atomic mass is 79.9. The Morgan fingerprint density at radius 2 is 2.04 bits per heavy atom. The van der Waals surface area contributed by atoms with Gasteiger partial charge in [-0.3, -0.25) is 4.79 Å². The first kappa shape index (κ1) is 20.9. The number of rotatable bonds is 7. The van der Waals surface area contributed by atoms with Crippen molar-refractivity contribution in [1.82, 2.24) is 0 Å². The number of thiophene rings is 1. The Morgan fingerprint density at radius 1 is 1.25 bits per heavy atom. The number of ether oxygens (including phenoxy) is 2. The average Bonchev–Trinajstić information content (AvgIpc) is 3.04. The minimum absolute atomic E-state index is 0.130. The van der Waals surface area contributed by atoms with E-state index < -0.39 is 5.97 Å². The molecule has 3 rings (SSSR count). The van der Waals surface area contributed by atoms with Gasteiger partial charge in [0.15, 0.2) is 6.61 Å². The number of aryl methyl sites for hydroxylation is 2. The van der Waals surface area contributed by atoms with Gasteiger partial charge < -0.3 is 14.8 Å². The van der Waals surface area contributed by atoms with Crippen molar-refractivity contribution in [2.75, 3.05) is 19.0 Å². The van der Waals surface area contributed by atoms with Gasteiger partial charge in [-0.15, -0.1) is 11.3 Å². The lowest BCUT2D eigenvalue weighted by molar-refractivity contribution is -0.118. The number of nitrogens with one attached hydrogen (secondary N) is 1. The molecule has 0 fully saturated rings. The van der Waals surface area contributed by atoms with Crippen LogP contribution in [0.15, 0.2) is 22.7 Å². The Balaban J connectivity index is 1.68. The minimum Gasteiger partial charge on any atom is -0.483 e. The molecule has 0 radical (unpaired) electrons. The van der Waals surface area contributed by atoms with E-state index in [1.807, 2.05) is 18.2 Å². The van der Waals surface area contributed by atoms with Gasteiger partial charge in [0.05, 0.1) is 17.1 Å². The van der Waals surface area contributed by atoms with Crippen molar-refractivity contribution in [3.05, 3.63) is 44.2 Å². The highest BCUT2D eigenvalue weighted by molar-refractivity contribution is 9.10. The zero-order valence-electron chi connectivity index (χ0n) is 16.1. The summed E-state index contributed by atoms with van der Waals surface area (Å²) < 4.78 is 11.4. The highest BCUT2D eigenvalue weighted by Crippen LogP contribution is 2.38. The molecule has 1 heterocycles. The van der Waals surface area contributed by atoms with Gasteiger partial charge in [-0.25, -0.2) is 4.79 Å². The zero-order valence-corrected chi connectivity index (χ0v) is 18.5. The molecule has 0 saturated carbocycles. The molecule has 150 valence electrons. The second-order valence-electron chi connectivity index (χ2n) is 6.76. The summed E-state index contributed by atoms with van der Waals surface area (Å²) in [6.45, 7) is 2.00. The fraction of sp³-hybridized carbons (Fsp3) is 0.429. The molecule has 1 aliphatic rings. The first-order valence-electron chi connectivity index (χ1n) is 9.47. The fourth-order valence-electron chi connectivity index (χ4n) is 3.38. The molecule has 0 spiro atoms. The SMILES string of the molecule is CCCc1ccc(OCC(=O)Nc2sc3c(c2C(=O)OC)CCCC3)c(Br)c1. The number of carbonyl (C=O) groups is 2. The third-order valence-corrected chi connectivity index (χ3v) is 6.53. The van der Waals surface area contributed by atoms with Crippen LogP contribution in [0.25, 0.3) is 0 Å². The first-order valence-corrected chi connectivity index (χ1v) is 11.1. The van der Waals surface area contributed by atoms with Crippen molar-refractivity contribution in [2.45, 2.75) is 45.4 Å². The number of hydrogen-bond donors (Lipinski definition) is 1. The van der Waals surface area contributed by atoms with Crippen molar-refractivity contribution in [3.8, 4) is 5.75 Å². The van der Waals surface area contributed by atoms with E-state index in [2.05, 4.69) is 28.2 Å². The van der Waals surface area contributed by atoms with Crippen LogP contribution in [0.1, 0.15) is 52.5 Å². The van der Waals surface area contributed by atoms with Crippen LogP contribution in [0.2, 0.25) is 0 Å². The number of carbonyl (C=O) groups excluding carboxylic acids is 2. The van der Waals surface area contributed by atoms with Crippen LogP contribution in [0, 0.1) is 0 Å². The van der Waals surface area contributed by atoms with Crippen LogP contribution in [-0.4, -0.2) is 25.6 Å². The molecular weight excluding hydrogens is 442 g/mol. The predicted octanol–water partition coefficient (Wildman–Crippen LogP) is 5.15.